The maximum Gasteiger partial charge on any atom is 0.271 e. The van der Waals surface area contributed by atoms with E-state index < -0.39 is 0 Å². The Morgan fingerprint density at radius 2 is 1.90 bits per heavy atom. The van der Waals surface area contributed by atoms with Crippen LogP contribution in [0.4, 0.5) is 0 Å². The summed E-state index contributed by atoms with van der Waals surface area (Å²) in [6.07, 6.45) is 3.64. The van der Waals surface area contributed by atoms with E-state index in [1.807, 2.05) is 4.90 Å². The molecule has 0 radical (unpaired) electrons. The molecule has 104 valence electrons. The van der Waals surface area contributed by atoms with E-state index in [1.165, 1.54) is 5.56 Å². The van der Waals surface area contributed by atoms with Gasteiger partial charge in [-0.3, -0.25) is 9.89 Å². The summed E-state index contributed by atoms with van der Waals surface area (Å²) in [6.45, 7) is 1.61. The molecule has 1 aliphatic rings. The van der Waals surface area contributed by atoms with Crippen LogP contribution < -0.4 is 0 Å². The van der Waals surface area contributed by atoms with Crippen LogP contribution in [-0.4, -0.2) is 34.1 Å². The Hall–Kier alpha value is -1.62. The highest BCUT2D eigenvalue weighted by atomic mass is 79.9. The Morgan fingerprint density at radius 1 is 1.20 bits per heavy atom. The van der Waals surface area contributed by atoms with Gasteiger partial charge in [0, 0.05) is 23.8 Å². The summed E-state index contributed by atoms with van der Waals surface area (Å²) in [7, 11) is 0. The van der Waals surface area contributed by atoms with Crippen LogP contribution in [0, 0.1) is 0 Å². The Kier molecular flexibility index (Phi) is 3.87. The molecule has 1 aliphatic heterocycles. The summed E-state index contributed by atoms with van der Waals surface area (Å²) in [5.41, 5.74) is 1.94. The van der Waals surface area contributed by atoms with Crippen LogP contribution in [0.5, 0.6) is 0 Å². The summed E-state index contributed by atoms with van der Waals surface area (Å²) in [5, 5.41) is 6.57. The fourth-order valence-electron chi connectivity index (χ4n) is 2.70. The Labute approximate surface area is 126 Å². The number of H-pyrrole nitrogens is 1. The van der Waals surface area contributed by atoms with Gasteiger partial charge in [-0.1, -0.05) is 28.1 Å². The van der Waals surface area contributed by atoms with E-state index in [4.69, 9.17) is 0 Å². The number of nitrogens with zero attached hydrogens (tertiary/aromatic N) is 2. The number of hydrogen-bond acceptors (Lipinski definition) is 2. The van der Waals surface area contributed by atoms with Crippen molar-refractivity contribution in [2.45, 2.75) is 18.8 Å². The maximum atomic E-state index is 12.2. The van der Waals surface area contributed by atoms with Gasteiger partial charge < -0.3 is 4.90 Å². The Balaban J connectivity index is 1.62. The summed E-state index contributed by atoms with van der Waals surface area (Å²) >= 11 is 3.46. The number of halogens is 1. The van der Waals surface area contributed by atoms with Crippen LogP contribution in [0.3, 0.4) is 0 Å². The molecule has 3 rings (SSSR count). The largest absolute Gasteiger partial charge is 0.337 e. The van der Waals surface area contributed by atoms with Crippen molar-refractivity contribution < 1.29 is 4.79 Å². The van der Waals surface area contributed by atoms with Gasteiger partial charge in [-0.05, 0) is 42.5 Å². The number of likely N-dealkylation sites (tertiary alicyclic amines) is 1. The predicted molar refractivity (Wildman–Crippen MR) is 80.6 cm³/mol. The standard InChI is InChI=1S/C15H16BrN3O/c16-13-3-1-11(2-4-13)12-6-9-19(10-7-12)15(20)14-5-8-17-18-14/h1-5,8,12H,6-7,9-10H2,(H,17,18). The highest BCUT2D eigenvalue weighted by Gasteiger charge is 2.24. The summed E-state index contributed by atoms with van der Waals surface area (Å²) in [6, 6.07) is 10.2. The first-order valence-corrected chi connectivity index (χ1v) is 7.57. The lowest BCUT2D eigenvalue weighted by atomic mass is 9.89. The lowest BCUT2D eigenvalue weighted by molar-refractivity contribution is 0.0707. The van der Waals surface area contributed by atoms with E-state index in [0.29, 0.717) is 11.6 Å². The highest BCUT2D eigenvalue weighted by Crippen LogP contribution is 2.29. The molecular weight excluding hydrogens is 318 g/mol. The Morgan fingerprint density at radius 3 is 2.50 bits per heavy atom. The first-order chi connectivity index (χ1) is 9.74. The van der Waals surface area contributed by atoms with Gasteiger partial charge in [0.15, 0.2) is 0 Å². The SMILES string of the molecule is O=C(c1ccn[nH]1)N1CCC(c2ccc(Br)cc2)CC1. The third-order valence-corrected chi connectivity index (χ3v) is 4.38. The first-order valence-electron chi connectivity index (χ1n) is 6.78. The van der Waals surface area contributed by atoms with Gasteiger partial charge in [-0.25, -0.2) is 0 Å². The minimum Gasteiger partial charge on any atom is -0.337 e. The zero-order valence-electron chi connectivity index (χ0n) is 11.1. The minimum absolute atomic E-state index is 0.0526. The maximum absolute atomic E-state index is 12.2. The van der Waals surface area contributed by atoms with E-state index in [-0.39, 0.29) is 5.91 Å². The molecule has 0 unspecified atom stereocenters. The number of hydrogen-bond donors (Lipinski definition) is 1. The van der Waals surface area contributed by atoms with E-state index in [1.54, 1.807) is 12.3 Å². The smallest absolute Gasteiger partial charge is 0.271 e. The number of aromatic nitrogens is 2. The predicted octanol–water partition coefficient (Wildman–Crippen LogP) is 3.19. The van der Waals surface area contributed by atoms with Crippen LogP contribution in [0.15, 0.2) is 41.0 Å². The number of nitrogens with one attached hydrogen (secondary N) is 1. The average molecular weight is 334 g/mol. The van der Waals surface area contributed by atoms with Crippen molar-refractivity contribution in [3.8, 4) is 0 Å². The van der Waals surface area contributed by atoms with E-state index in [9.17, 15) is 4.79 Å². The molecule has 0 aliphatic carbocycles. The van der Waals surface area contributed by atoms with E-state index in [0.717, 1.165) is 30.4 Å². The average Bonchev–Trinajstić information content (AvgIpc) is 3.02. The second-order valence-electron chi connectivity index (χ2n) is 5.09. The zero-order valence-corrected chi connectivity index (χ0v) is 12.6. The van der Waals surface area contributed by atoms with Crippen LogP contribution in [0.25, 0.3) is 0 Å². The number of carbonyl (C=O) groups excluding carboxylic acids is 1. The van der Waals surface area contributed by atoms with Gasteiger partial charge >= 0.3 is 0 Å². The van der Waals surface area contributed by atoms with Gasteiger partial charge in [-0.2, -0.15) is 5.10 Å². The molecule has 1 fully saturated rings. The van der Waals surface area contributed by atoms with Crippen LogP contribution in [0.2, 0.25) is 0 Å². The zero-order chi connectivity index (χ0) is 13.9. The summed E-state index contributed by atoms with van der Waals surface area (Å²) in [5.74, 6) is 0.602. The van der Waals surface area contributed by atoms with E-state index >= 15 is 0 Å². The molecule has 0 spiro atoms. The molecule has 5 heteroatoms. The number of aromatic amines is 1. The van der Waals surface area contributed by atoms with Crippen LogP contribution in [0.1, 0.15) is 34.8 Å². The monoisotopic (exact) mass is 333 g/mol. The van der Waals surface area contributed by atoms with Gasteiger partial charge in [0.2, 0.25) is 0 Å². The van der Waals surface area contributed by atoms with Crippen LogP contribution in [-0.2, 0) is 0 Å². The number of amides is 1. The van der Waals surface area contributed by atoms with Gasteiger partial charge in [0.1, 0.15) is 5.69 Å². The van der Waals surface area contributed by atoms with Gasteiger partial charge in [-0.15, -0.1) is 0 Å². The second-order valence-corrected chi connectivity index (χ2v) is 6.00. The number of carbonyl (C=O) groups is 1. The van der Waals surface area contributed by atoms with Crippen molar-refractivity contribution in [2.24, 2.45) is 0 Å². The molecule has 2 aromatic rings. The summed E-state index contributed by atoms with van der Waals surface area (Å²) < 4.78 is 1.10. The lowest BCUT2D eigenvalue weighted by Crippen LogP contribution is -2.38. The quantitative estimate of drug-likeness (QED) is 0.917. The Bertz CT molecular complexity index is 572. The molecule has 1 aromatic heterocycles. The third kappa shape index (κ3) is 2.77. The molecular formula is C15H16BrN3O. The normalized spacial score (nSPS) is 16.4. The molecule has 0 atom stereocenters. The fraction of sp³-hybridized carbons (Fsp3) is 0.333. The number of piperidine rings is 1. The third-order valence-electron chi connectivity index (χ3n) is 3.85. The molecule has 1 N–H and O–H groups in total. The van der Waals surface area contributed by atoms with E-state index in [2.05, 4.69) is 50.4 Å². The summed E-state index contributed by atoms with van der Waals surface area (Å²) in [4.78, 5) is 14.1. The highest BCUT2D eigenvalue weighted by molar-refractivity contribution is 9.10. The molecule has 0 saturated carbocycles. The first kappa shape index (κ1) is 13.4. The molecule has 1 aromatic carbocycles. The second kappa shape index (κ2) is 5.79. The minimum atomic E-state index is 0.0526. The van der Waals surface area contributed by atoms with Crippen LogP contribution >= 0.6 is 15.9 Å². The number of rotatable bonds is 2. The molecule has 1 amide bonds. The van der Waals surface area contributed by atoms with Crippen molar-refractivity contribution in [1.29, 1.82) is 0 Å². The lowest BCUT2D eigenvalue weighted by Gasteiger charge is -2.32. The topological polar surface area (TPSA) is 49.0 Å². The van der Waals surface area contributed by atoms with Crippen molar-refractivity contribution in [1.82, 2.24) is 15.1 Å². The molecule has 2 heterocycles. The molecule has 1 saturated heterocycles. The van der Waals surface area contributed by atoms with Crippen molar-refractivity contribution in [2.75, 3.05) is 13.1 Å². The molecule has 20 heavy (non-hydrogen) atoms. The van der Waals surface area contributed by atoms with Crippen molar-refractivity contribution >= 4 is 21.8 Å². The fourth-order valence-corrected chi connectivity index (χ4v) is 2.96. The molecule has 4 nitrogen and oxygen atoms in total. The van der Waals surface area contributed by atoms with Crippen molar-refractivity contribution in [3.05, 3.63) is 52.3 Å². The van der Waals surface area contributed by atoms with Gasteiger partial charge in [0.25, 0.3) is 5.91 Å². The van der Waals surface area contributed by atoms with Crippen molar-refractivity contribution in [3.63, 3.8) is 0 Å². The van der Waals surface area contributed by atoms with Gasteiger partial charge in [0.05, 0.1) is 0 Å². The number of benzene rings is 1. The molecule has 0 bridgehead atoms.